The molecule has 0 spiro atoms. The summed E-state index contributed by atoms with van der Waals surface area (Å²) in [5.74, 6) is 0.964. The molecule has 1 saturated heterocycles. The van der Waals surface area contributed by atoms with E-state index in [2.05, 4.69) is 30.4 Å². The number of hydrogen-bond donors (Lipinski definition) is 1. The van der Waals surface area contributed by atoms with Crippen molar-refractivity contribution >= 4 is 0 Å². The van der Waals surface area contributed by atoms with Crippen LogP contribution in [0.2, 0.25) is 0 Å². The fourth-order valence-corrected chi connectivity index (χ4v) is 3.04. The van der Waals surface area contributed by atoms with Crippen LogP contribution >= 0.6 is 0 Å². The average Bonchev–Trinajstić information content (AvgIpc) is 2.42. The molecule has 1 heterocycles. The Morgan fingerprint density at radius 1 is 1.42 bits per heavy atom. The Hall–Kier alpha value is -1.06. The van der Waals surface area contributed by atoms with Crippen LogP contribution in [-0.4, -0.2) is 26.9 Å². The maximum atomic E-state index is 5.36. The average molecular weight is 261 g/mol. The first-order chi connectivity index (χ1) is 9.20. The van der Waals surface area contributed by atoms with Gasteiger partial charge < -0.3 is 14.8 Å². The fraction of sp³-hybridized carbons (Fsp3) is 0.625. The molecule has 3 nitrogen and oxygen atoms in total. The molecule has 2 aliphatic rings. The lowest BCUT2D eigenvalue weighted by atomic mass is 9.85. The molecule has 1 fully saturated rings. The van der Waals surface area contributed by atoms with Gasteiger partial charge >= 0.3 is 0 Å². The van der Waals surface area contributed by atoms with Gasteiger partial charge in [0.2, 0.25) is 0 Å². The lowest BCUT2D eigenvalue weighted by Crippen LogP contribution is -2.48. The van der Waals surface area contributed by atoms with Crippen molar-refractivity contribution in [3.8, 4) is 5.75 Å². The Balaban J connectivity index is 1.73. The van der Waals surface area contributed by atoms with Crippen LogP contribution in [0.25, 0.3) is 0 Å². The first kappa shape index (κ1) is 12.9. The normalized spacial score (nSPS) is 24.4. The molecular formula is C16H23NO2. The smallest absolute Gasteiger partial charge is 0.119 e. The Kier molecular flexibility index (Phi) is 3.50. The number of fused-ring (bicyclic) bond motifs is 1. The standard InChI is InChI=1S/C16H23NO2/c1-16(10-19-11-16)9-17-15-5-3-4-12-6-7-13(18-2)8-14(12)15/h6-8,15,17H,3-5,9-11H2,1-2H3. The molecule has 0 radical (unpaired) electrons. The Labute approximate surface area is 115 Å². The van der Waals surface area contributed by atoms with E-state index in [0.717, 1.165) is 25.5 Å². The van der Waals surface area contributed by atoms with E-state index in [4.69, 9.17) is 9.47 Å². The van der Waals surface area contributed by atoms with Crippen LogP contribution in [0, 0.1) is 5.41 Å². The van der Waals surface area contributed by atoms with E-state index in [9.17, 15) is 0 Å². The lowest BCUT2D eigenvalue weighted by Gasteiger charge is -2.40. The van der Waals surface area contributed by atoms with Crippen LogP contribution in [0.1, 0.15) is 36.9 Å². The minimum atomic E-state index is 0.330. The van der Waals surface area contributed by atoms with Crippen molar-refractivity contribution < 1.29 is 9.47 Å². The highest BCUT2D eigenvalue weighted by Crippen LogP contribution is 2.34. The minimum Gasteiger partial charge on any atom is -0.497 e. The zero-order valence-electron chi connectivity index (χ0n) is 11.9. The number of hydrogen-bond acceptors (Lipinski definition) is 3. The van der Waals surface area contributed by atoms with Crippen molar-refractivity contribution in [2.75, 3.05) is 26.9 Å². The number of ether oxygens (including phenoxy) is 2. The fourth-order valence-electron chi connectivity index (χ4n) is 3.04. The molecular weight excluding hydrogens is 238 g/mol. The van der Waals surface area contributed by atoms with Gasteiger partial charge in [0.05, 0.1) is 20.3 Å². The summed E-state index contributed by atoms with van der Waals surface area (Å²) < 4.78 is 10.7. The van der Waals surface area contributed by atoms with Crippen molar-refractivity contribution in [2.24, 2.45) is 5.41 Å². The third kappa shape index (κ3) is 2.63. The highest BCUT2D eigenvalue weighted by molar-refractivity contribution is 5.39. The largest absolute Gasteiger partial charge is 0.497 e. The quantitative estimate of drug-likeness (QED) is 0.904. The molecule has 0 saturated carbocycles. The molecule has 0 bridgehead atoms. The van der Waals surface area contributed by atoms with Crippen LogP contribution in [0.4, 0.5) is 0 Å². The van der Waals surface area contributed by atoms with E-state index < -0.39 is 0 Å². The summed E-state index contributed by atoms with van der Waals surface area (Å²) in [6, 6.07) is 6.96. The van der Waals surface area contributed by atoms with E-state index in [1.165, 1.54) is 30.4 Å². The molecule has 104 valence electrons. The molecule has 1 aromatic carbocycles. The number of methoxy groups -OCH3 is 1. The topological polar surface area (TPSA) is 30.5 Å². The van der Waals surface area contributed by atoms with E-state index in [1.807, 2.05) is 0 Å². The van der Waals surface area contributed by atoms with Crippen molar-refractivity contribution in [2.45, 2.75) is 32.2 Å². The van der Waals surface area contributed by atoms with Gasteiger partial charge in [-0.25, -0.2) is 0 Å². The van der Waals surface area contributed by atoms with Gasteiger partial charge in [-0.05, 0) is 42.5 Å². The predicted molar refractivity (Wildman–Crippen MR) is 75.6 cm³/mol. The maximum absolute atomic E-state index is 5.36. The molecule has 19 heavy (non-hydrogen) atoms. The molecule has 0 amide bonds. The van der Waals surface area contributed by atoms with Gasteiger partial charge in [-0.1, -0.05) is 13.0 Å². The SMILES string of the molecule is COc1ccc2c(c1)C(NCC1(C)COC1)CCC2. The zero-order valence-corrected chi connectivity index (χ0v) is 11.9. The molecule has 1 aliphatic heterocycles. The molecule has 3 rings (SSSR count). The zero-order chi connectivity index (χ0) is 13.3. The second-order valence-electron chi connectivity index (χ2n) is 6.19. The van der Waals surface area contributed by atoms with Crippen LogP contribution in [-0.2, 0) is 11.2 Å². The summed E-state index contributed by atoms with van der Waals surface area (Å²) in [5, 5.41) is 3.74. The van der Waals surface area contributed by atoms with Crippen LogP contribution in [0.5, 0.6) is 5.75 Å². The second-order valence-corrected chi connectivity index (χ2v) is 6.19. The van der Waals surface area contributed by atoms with Crippen molar-refractivity contribution in [3.63, 3.8) is 0 Å². The first-order valence-electron chi connectivity index (χ1n) is 7.18. The van der Waals surface area contributed by atoms with Crippen LogP contribution < -0.4 is 10.1 Å². The first-order valence-corrected chi connectivity index (χ1v) is 7.18. The summed E-state index contributed by atoms with van der Waals surface area (Å²) in [4.78, 5) is 0. The van der Waals surface area contributed by atoms with E-state index >= 15 is 0 Å². The van der Waals surface area contributed by atoms with E-state index in [0.29, 0.717) is 11.5 Å². The summed E-state index contributed by atoms with van der Waals surface area (Å²) in [6.07, 6.45) is 3.68. The highest BCUT2D eigenvalue weighted by Gasteiger charge is 2.34. The van der Waals surface area contributed by atoms with E-state index in [1.54, 1.807) is 7.11 Å². The maximum Gasteiger partial charge on any atom is 0.119 e. The number of benzene rings is 1. The van der Waals surface area contributed by atoms with Gasteiger partial charge in [-0.15, -0.1) is 0 Å². The van der Waals surface area contributed by atoms with Crippen LogP contribution in [0.15, 0.2) is 18.2 Å². The third-order valence-electron chi connectivity index (χ3n) is 4.34. The van der Waals surface area contributed by atoms with Gasteiger partial charge in [-0.2, -0.15) is 0 Å². The summed E-state index contributed by atoms with van der Waals surface area (Å²) in [5.41, 5.74) is 3.23. The molecule has 1 aromatic rings. The summed E-state index contributed by atoms with van der Waals surface area (Å²) >= 11 is 0. The molecule has 0 aromatic heterocycles. The number of rotatable bonds is 4. The predicted octanol–water partition coefficient (Wildman–Crippen LogP) is 2.70. The highest BCUT2D eigenvalue weighted by atomic mass is 16.5. The molecule has 3 heteroatoms. The van der Waals surface area contributed by atoms with Crippen molar-refractivity contribution in [3.05, 3.63) is 29.3 Å². The summed E-state index contributed by atoms with van der Waals surface area (Å²) in [6.45, 7) is 5.10. The van der Waals surface area contributed by atoms with Crippen molar-refractivity contribution in [1.82, 2.24) is 5.32 Å². The Morgan fingerprint density at radius 2 is 2.26 bits per heavy atom. The molecule has 1 aliphatic carbocycles. The molecule has 1 atom stereocenters. The van der Waals surface area contributed by atoms with Gasteiger partial charge in [0.15, 0.2) is 0 Å². The third-order valence-corrected chi connectivity index (χ3v) is 4.34. The number of nitrogens with one attached hydrogen (secondary N) is 1. The monoisotopic (exact) mass is 261 g/mol. The van der Waals surface area contributed by atoms with Gasteiger partial charge in [0, 0.05) is 18.0 Å². The van der Waals surface area contributed by atoms with E-state index in [-0.39, 0.29) is 0 Å². The minimum absolute atomic E-state index is 0.330. The Morgan fingerprint density at radius 3 is 2.95 bits per heavy atom. The second kappa shape index (κ2) is 5.14. The van der Waals surface area contributed by atoms with Crippen molar-refractivity contribution in [1.29, 1.82) is 0 Å². The molecule has 1 unspecified atom stereocenters. The van der Waals surface area contributed by atoms with Gasteiger partial charge in [-0.3, -0.25) is 0 Å². The lowest BCUT2D eigenvalue weighted by molar-refractivity contribution is -0.100. The summed E-state index contributed by atoms with van der Waals surface area (Å²) in [7, 11) is 1.74. The molecule has 1 N–H and O–H groups in total. The Bertz CT molecular complexity index is 454. The number of aryl methyl sites for hydroxylation is 1. The van der Waals surface area contributed by atoms with Crippen LogP contribution in [0.3, 0.4) is 0 Å². The van der Waals surface area contributed by atoms with Gasteiger partial charge in [0.25, 0.3) is 0 Å². The van der Waals surface area contributed by atoms with Gasteiger partial charge in [0.1, 0.15) is 5.75 Å².